The van der Waals surface area contributed by atoms with Crippen molar-refractivity contribution < 1.29 is 23.5 Å². The molecule has 0 saturated carbocycles. The molecule has 0 atom stereocenters. The SMILES string of the molecule is COc1c([N+](=O)[O-])cc(CO)nc1C(F)F. The lowest BCUT2D eigenvalue weighted by molar-refractivity contribution is -0.386. The Bertz CT molecular complexity index is 411. The number of aliphatic hydroxyl groups is 1. The first-order valence-corrected chi connectivity index (χ1v) is 4.12. The second kappa shape index (κ2) is 4.79. The number of alkyl halides is 2. The van der Waals surface area contributed by atoms with Crippen LogP contribution in [0.25, 0.3) is 0 Å². The number of aliphatic hydroxyl groups excluding tert-OH is 1. The molecule has 16 heavy (non-hydrogen) atoms. The molecule has 0 fully saturated rings. The summed E-state index contributed by atoms with van der Waals surface area (Å²) in [7, 11) is 1.04. The Morgan fingerprint density at radius 2 is 2.31 bits per heavy atom. The summed E-state index contributed by atoms with van der Waals surface area (Å²) < 4.78 is 29.6. The fourth-order valence-corrected chi connectivity index (χ4v) is 1.17. The summed E-state index contributed by atoms with van der Waals surface area (Å²) in [5, 5.41) is 19.3. The van der Waals surface area contributed by atoms with E-state index in [4.69, 9.17) is 5.11 Å². The summed E-state index contributed by atoms with van der Waals surface area (Å²) in [4.78, 5) is 13.1. The standard InChI is InChI=1S/C8H8F2N2O4/c1-16-7-5(12(14)15)2-4(3-13)11-6(7)8(9)10/h2,8,13H,3H2,1H3. The Hall–Kier alpha value is -1.83. The van der Waals surface area contributed by atoms with Gasteiger partial charge in [0, 0.05) is 6.07 Å². The van der Waals surface area contributed by atoms with Gasteiger partial charge in [-0.1, -0.05) is 0 Å². The number of halogens is 2. The van der Waals surface area contributed by atoms with E-state index < -0.39 is 35.1 Å². The van der Waals surface area contributed by atoms with E-state index in [2.05, 4.69) is 9.72 Å². The molecule has 1 aromatic rings. The highest BCUT2D eigenvalue weighted by Gasteiger charge is 2.26. The Kier molecular flexibility index (Phi) is 3.67. The van der Waals surface area contributed by atoms with Gasteiger partial charge in [0.05, 0.1) is 24.3 Å². The molecule has 0 saturated heterocycles. The highest BCUT2D eigenvalue weighted by Crippen LogP contribution is 2.35. The molecule has 1 rings (SSSR count). The van der Waals surface area contributed by atoms with Crippen molar-refractivity contribution in [2.45, 2.75) is 13.0 Å². The van der Waals surface area contributed by atoms with Crippen LogP contribution in [-0.4, -0.2) is 22.1 Å². The number of ether oxygens (including phenoxy) is 1. The van der Waals surface area contributed by atoms with Crippen LogP contribution < -0.4 is 4.74 Å². The zero-order valence-electron chi connectivity index (χ0n) is 8.18. The Labute approximate surface area is 88.6 Å². The molecule has 0 unspecified atom stereocenters. The van der Waals surface area contributed by atoms with Crippen molar-refractivity contribution in [3.63, 3.8) is 0 Å². The van der Waals surface area contributed by atoms with E-state index in [0.717, 1.165) is 13.2 Å². The first kappa shape index (κ1) is 12.2. The Morgan fingerprint density at radius 3 is 2.69 bits per heavy atom. The van der Waals surface area contributed by atoms with Gasteiger partial charge in [-0.2, -0.15) is 0 Å². The molecule has 1 heterocycles. The van der Waals surface area contributed by atoms with Crippen LogP contribution >= 0.6 is 0 Å². The lowest BCUT2D eigenvalue weighted by Crippen LogP contribution is -2.04. The summed E-state index contributed by atoms with van der Waals surface area (Å²) in [6.07, 6.45) is -3.01. The number of hydrogen-bond donors (Lipinski definition) is 1. The zero-order valence-corrected chi connectivity index (χ0v) is 8.18. The maximum absolute atomic E-state index is 12.5. The summed E-state index contributed by atoms with van der Waals surface area (Å²) in [5.41, 5.74) is -1.69. The fourth-order valence-electron chi connectivity index (χ4n) is 1.17. The predicted molar refractivity (Wildman–Crippen MR) is 48.3 cm³/mol. The molecular weight excluding hydrogens is 226 g/mol. The van der Waals surface area contributed by atoms with E-state index in [1.807, 2.05) is 0 Å². The smallest absolute Gasteiger partial charge is 0.315 e. The number of methoxy groups -OCH3 is 1. The number of aromatic nitrogens is 1. The predicted octanol–water partition coefficient (Wildman–Crippen LogP) is 1.43. The summed E-state index contributed by atoms with van der Waals surface area (Å²) in [5.74, 6) is -0.586. The van der Waals surface area contributed by atoms with E-state index >= 15 is 0 Å². The lowest BCUT2D eigenvalue weighted by atomic mass is 10.2. The number of hydrogen-bond acceptors (Lipinski definition) is 5. The molecule has 0 amide bonds. The molecule has 88 valence electrons. The second-order valence-electron chi connectivity index (χ2n) is 2.77. The van der Waals surface area contributed by atoms with Gasteiger partial charge in [0.2, 0.25) is 5.75 Å². The summed E-state index contributed by atoms with van der Waals surface area (Å²) in [6, 6.07) is 0.894. The van der Waals surface area contributed by atoms with Gasteiger partial charge in [0.1, 0.15) is 0 Å². The highest BCUT2D eigenvalue weighted by molar-refractivity contribution is 5.50. The van der Waals surface area contributed by atoms with Crippen molar-refractivity contribution in [3.05, 3.63) is 27.6 Å². The number of nitrogens with zero attached hydrogens (tertiary/aromatic N) is 2. The fraction of sp³-hybridized carbons (Fsp3) is 0.375. The monoisotopic (exact) mass is 234 g/mol. The molecule has 0 aliphatic rings. The summed E-state index contributed by atoms with van der Waals surface area (Å²) in [6.45, 7) is -0.662. The molecule has 0 radical (unpaired) electrons. The Morgan fingerprint density at radius 1 is 1.69 bits per heavy atom. The normalized spacial score (nSPS) is 10.6. The summed E-state index contributed by atoms with van der Waals surface area (Å²) >= 11 is 0. The van der Waals surface area contributed by atoms with Crippen LogP contribution in [0.2, 0.25) is 0 Å². The number of pyridine rings is 1. The molecule has 1 N–H and O–H groups in total. The quantitative estimate of drug-likeness (QED) is 0.629. The van der Waals surface area contributed by atoms with Crippen LogP contribution in [0.3, 0.4) is 0 Å². The minimum Gasteiger partial charge on any atom is -0.489 e. The van der Waals surface area contributed by atoms with Gasteiger partial charge >= 0.3 is 5.69 Å². The van der Waals surface area contributed by atoms with Crippen LogP contribution in [0, 0.1) is 10.1 Å². The van der Waals surface area contributed by atoms with E-state index in [9.17, 15) is 18.9 Å². The van der Waals surface area contributed by atoms with Crippen LogP contribution in [0.5, 0.6) is 5.75 Å². The maximum Gasteiger partial charge on any atom is 0.315 e. The van der Waals surface area contributed by atoms with Gasteiger partial charge in [-0.3, -0.25) is 10.1 Å². The molecular formula is C8H8F2N2O4. The number of nitro groups is 1. The van der Waals surface area contributed by atoms with E-state index in [1.54, 1.807) is 0 Å². The molecule has 0 aromatic carbocycles. The van der Waals surface area contributed by atoms with E-state index in [-0.39, 0.29) is 5.69 Å². The van der Waals surface area contributed by atoms with Gasteiger partial charge < -0.3 is 9.84 Å². The van der Waals surface area contributed by atoms with Gasteiger partial charge in [0.25, 0.3) is 6.43 Å². The van der Waals surface area contributed by atoms with Crippen LogP contribution in [0.4, 0.5) is 14.5 Å². The minimum absolute atomic E-state index is 0.206. The van der Waals surface area contributed by atoms with Crippen molar-refractivity contribution >= 4 is 5.69 Å². The third-order valence-electron chi connectivity index (χ3n) is 1.80. The van der Waals surface area contributed by atoms with Gasteiger partial charge in [0.15, 0.2) is 5.69 Å². The van der Waals surface area contributed by atoms with Crippen LogP contribution in [-0.2, 0) is 6.61 Å². The first-order chi connectivity index (χ1) is 7.51. The number of rotatable bonds is 4. The van der Waals surface area contributed by atoms with E-state index in [1.165, 1.54) is 0 Å². The van der Waals surface area contributed by atoms with Crippen molar-refractivity contribution in [2.24, 2.45) is 0 Å². The Balaban J connectivity index is 3.46. The molecule has 0 aliphatic heterocycles. The van der Waals surface area contributed by atoms with Crippen molar-refractivity contribution in [1.82, 2.24) is 4.98 Å². The molecule has 1 aromatic heterocycles. The average Bonchev–Trinajstić information content (AvgIpc) is 2.26. The lowest BCUT2D eigenvalue weighted by Gasteiger charge is -2.08. The minimum atomic E-state index is -3.01. The molecule has 6 nitrogen and oxygen atoms in total. The zero-order chi connectivity index (χ0) is 12.3. The third kappa shape index (κ3) is 2.22. The highest BCUT2D eigenvalue weighted by atomic mass is 19.3. The van der Waals surface area contributed by atoms with Crippen molar-refractivity contribution in [1.29, 1.82) is 0 Å². The topological polar surface area (TPSA) is 85.5 Å². The van der Waals surface area contributed by atoms with E-state index in [0.29, 0.717) is 0 Å². The first-order valence-electron chi connectivity index (χ1n) is 4.12. The maximum atomic E-state index is 12.5. The molecule has 8 heteroatoms. The molecule has 0 aliphatic carbocycles. The molecule has 0 spiro atoms. The second-order valence-corrected chi connectivity index (χ2v) is 2.77. The van der Waals surface area contributed by atoms with Crippen LogP contribution in [0.15, 0.2) is 6.07 Å². The van der Waals surface area contributed by atoms with Crippen molar-refractivity contribution in [2.75, 3.05) is 7.11 Å². The van der Waals surface area contributed by atoms with Gasteiger partial charge in [-0.05, 0) is 0 Å². The molecule has 0 bridgehead atoms. The largest absolute Gasteiger partial charge is 0.489 e. The van der Waals surface area contributed by atoms with Crippen molar-refractivity contribution in [3.8, 4) is 5.75 Å². The average molecular weight is 234 g/mol. The van der Waals surface area contributed by atoms with Crippen LogP contribution in [0.1, 0.15) is 17.8 Å². The third-order valence-corrected chi connectivity index (χ3v) is 1.80. The van der Waals surface area contributed by atoms with Gasteiger partial charge in [-0.15, -0.1) is 0 Å². The van der Waals surface area contributed by atoms with Gasteiger partial charge in [-0.25, -0.2) is 13.8 Å².